The number of carbonyl (C=O) groups is 1. The third kappa shape index (κ3) is 5.18. The number of nitrogens with zero attached hydrogens (tertiary/aromatic N) is 3. The Labute approximate surface area is 196 Å². The summed E-state index contributed by atoms with van der Waals surface area (Å²) < 4.78 is 42.1. The molecule has 9 heteroatoms. The number of amides is 1. The molecule has 2 atom stereocenters. The molecule has 34 heavy (non-hydrogen) atoms. The lowest BCUT2D eigenvalue weighted by Crippen LogP contribution is -2.43. The van der Waals surface area contributed by atoms with E-state index in [0.29, 0.717) is 28.7 Å². The minimum Gasteiger partial charge on any atom is -0.382 e. The van der Waals surface area contributed by atoms with Crippen LogP contribution in [0.2, 0.25) is 0 Å². The Bertz CT molecular complexity index is 1200. The van der Waals surface area contributed by atoms with Crippen LogP contribution >= 0.6 is 0 Å². The molecule has 1 fully saturated rings. The van der Waals surface area contributed by atoms with Crippen molar-refractivity contribution in [3.8, 4) is 0 Å². The van der Waals surface area contributed by atoms with Gasteiger partial charge in [-0.05, 0) is 77.6 Å². The van der Waals surface area contributed by atoms with Gasteiger partial charge < -0.3 is 10.6 Å². The maximum absolute atomic E-state index is 13.5. The zero-order chi connectivity index (χ0) is 24.7. The zero-order valence-corrected chi connectivity index (χ0v) is 19.8. The number of nitrogens with one attached hydrogen (secondary N) is 2. The number of benzene rings is 1. The summed E-state index contributed by atoms with van der Waals surface area (Å²) in [7, 11) is 0. The fourth-order valence-electron chi connectivity index (χ4n) is 4.55. The van der Waals surface area contributed by atoms with Gasteiger partial charge in [-0.3, -0.25) is 9.48 Å². The molecule has 0 saturated heterocycles. The molecule has 1 amide bonds. The van der Waals surface area contributed by atoms with Gasteiger partial charge in [0.15, 0.2) is 0 Å². The molecule has 2 aromatic heterocycles. The van der Waals surface area contributed by atoms with Crippen molar-refractivity contribution in [2.24, 2.45) is 0 Å². The first kappa shape index (κ1) is 24.0. The molecule has 4 rings (SSSR count). The molecule has 1 unspecified atom stereocenters. The van der Waals surface area contributed by atoms with E-state index in [2.05, 4.69) is 20.7 Å². The first-order valence-corrected chi connectivity index (χ1v) is 11.5. The molecule has 2 heterocycles. The summed E-state index contributed by atoms with van der Waals surface area (Å²) in [5, 5.41) is 11.4. The lowest BCUT2D eigenvalue weighted by molar-refractivity contribution is -0.140. The third-order valence-corrected chi connectivity index (χ3v) is 6.13. The molecule has 2 N–H and O–H groups in total. The lowest BCUT2D eigenvalue weighted by Gasteiger charge is -2.32. The van der Waals surface area contributed by atoms with Crippen molar-refractivity contribution in [1.29, 1.82) is 0 Å². The number of halogens is 3. The van der Waals surface area contributed by atoms with Gasteiger partial charge in [0.2, 0.25) is 0 Å². The van der Waals surface area contributed by atoms with Crippen LogP contribution in [0.5, 0.6) is 0 Å². The molecule has 0 aliphatic heterocycles. The van der Waals surface area contributed by atoms with Crippen molar-refractivity contribution in [3.05, 3.63) is 53.5 Å². The van der Waals surface area contributed by atoms with Crippen molar-refractivity contribution in [3.63, 3.8) is 0 Å². The fraction of sp³-hybridized carbons (Fsp3) is 0.480. The molecule has 0 spiro atoms. The number of alkyl halides is 3. The van der Waals surface area contributed by atoms with E-state index in [1.165, 1.54) is 0 Å². The molecular formula is C25H30F3N5O. The van der Waals surface area contributed by atoms with Crippen molar-refractivity contribution in [1.82, 2.24) is 20.1 Å². The Balaban J connectivity index is 1.53. The number of anilines is 1. The molecule has 1 aliphatic rings. The van der Waals surface area contributed by atoms with E-state index in [-0.39, 0.29) is 23.5 Å². The molecule has 1 aromatic carbocycles. The van der Waals surface area contributed by atoms with Gasteiger partial charge in [-0.25, -0.2) is 4.98 Å². The van der Waals surface area contributed by atoms with Crippen LogP contribution < -0.4 is 10.6 Å². The zero-order valence-electron chi connectivity index (χ0n) is 19.8. The normalized spacial score (nSPS) is 19.3. The van der Waals surface area contributed by atoms with Gasteiger partial charge in [-0.2, -0.15) is 18.3 Å². The number of hydrogen-bond donors (Lipinski definition) is 2. The van der Waals surface area contributed by atoms with Crippen LogP contribution in [0.4, 0.5) is 18.9 Å². The Morgan fingerprint density at radius 2 is 1.82 bits per heavy atom. The fourth-order valence-corrected chi connectivity index (χ4v) is 4.55. The maximum atomic E-state index is 13.5. The van der Waals surface area contributed by atoms with E-state index in [9.17, 15) is 18.0 Å². The summed E-state index contributed by atoms with van der Waals surface area (Å²) in [4.78, 5) is 16.8. The van der Waals surface area contributed by atoms with E-state index < -0.39 is 11.9 Å². The van der Waals surface area contributed by atoms with Gasteiger partial charge in [-0.15, -0.1) is 0 Å². The van der Waals surface area contributed by atoms with Crippen molar-refractivity contribution in [2.75, 3.05) is 5.32 Å². The maximum Gasteiger partial charge on any atom is 0.433 e. The summed E-state index contributed by atoms with van der Waals surface area (Å²) in [5.74, 6) is -0.192. The Kier molecular flexibility index (Phi) is 6.31. The Morgan fingerprint density at radius 3 is 2.53 bits per heavy atom. The van der Waals surface area contributed by atoms with Crippen molar-refractivity contribution < 1.29 is 18.0 Å². The van der Waals surface area contributed by atoms with Crippen molar-refractivity contribution in [2.45, 2.75) is 77.2 Å². The minimum absolute atomic E-state index is 0.0706. The largest absolute Gasteiger partial charge is 0.433 e. The molecule has 1 saturated carbocycles. The summed E-state index contributed by atoms with van der Waals surface area (Å²) in [6, 6.07) is 7.86. The highest BCUT2D eigenvalue weighted by Gasteiger charge is 2.34. The van der Waals surface area contributed by atoms with Gasteiger partial charge in [0.25, 0.3) is 5.91 Å². The van der Waals surface area contributed by atoms with Crippen LogP contribution in [0.15, 0.2) is 36.5 Å². The molecule has 6 nitrogen and oxygen atoms in total. The van der Waals surface area contributed by atoms with Crippen LogP contribution in [-0.4, -0.2) is 32.8 Å². The van der Waals surface area contributed by atoms with Crippen molar-refractivity contribution >= 4 is 22.5 Å². The molecule has 3 aromatic rings. The highest BCUT2D eigenvalue weighted by atomic mass is 19.4. The predicted molar refractivity (Wildman–Crippen MR) is 126 cm³/mol. The van der Waals surface area contributed by atoms with Crippen LogP contribution in [0.1, 0.15) is 68.2 Å². The van der Waals surface area contributed by atoms with E-state index in [1.807, 2.05) is 33.8 Å². The SMILES string of the molecule is Cc1ccc2nc(C(F)(F)F)cc(N[C@H]3CCCC(NC(=O)c4ccnn4C(C)(C)C)C3)c2c1. The number of aryl methyl sites for hydroxylation is 1. The van der Waals surface area contributed by atoms with E-state index in [1.54, 1.807) is 29.1 Å². The average molecular weight is 474 g/mol. The monoisotopic (exact) mass is 473 g/mol. The second kappa shape index (κ2) is 8.92. The number of rotatable bonds is 4. The molecule has 0 bridgehead atoms. The van der Waals surface area contributed by atoms with Gasteiger partial charge in [0.1, 0.15) is 11.4 Å². The predicted octanol–water partition coefficient (Wildman–Crippen LogP) is 5.67. The Morgan fingerprint density at radius 1 is 1.09 bits per heavy atom. The van der Waals surface area contributed by atoms with Gasteiger partial charge in [0, 0.05) is 29.4 Å². The smallest absolute Gasteiger partial charge is 0.382 e. The first-order chi connectivity index (χ1) is 15.9. The van der Waals surface area contributed by atoms with E-state index in [4.69, 9.17) is 0 Å². The first-order valence-electron chi connectivity index (χ1n) is 11.5. The standard InChI is InChI=1S/C25H30F3N5O/c1-15-8-9-19-18(12-15)20(14-22(32-19)25(26,27)28)30-16-6-5-7-17(13-16)31-23(34)21-10-11-29-33(21)24(2,3)4/h8-12,14,16-17H,5-7,13H2,1-4H3,(H,30,32)(H,31,34)/t16-,17?/m0/s1. The third-order valence-electron chi connectivity index (χ3n) is 6.13. The van der Waals surface area contributed by atoms with E-state index in [0.717, 1.165) is 30.9 Å². The molecule has 0 radical (unpaired) electrons. The molecule has 182 valence electrons. The van der Waals surface area contributed by atoms with Crippen LogP contribution in [0.25, 0.3) is 10.9 Å². The summed E-state index contributed by atoms with van der Waals surface area (Å²) in [6.45, 7) is 7.84. The molecule has 1 aliphatic carbocycles. The topological polar surface area (TPSA) is 71.8 Å². The quantitative estimate of drug-likeness (QED) is 0.512. The average Bonchev–Trinajstić information content (AvgIpc) is 3.24. The number of fused-ring (bicyclic) bond motifs is 1. The number of pyridine rings is 1. The van der Waals surface area contributed by atoms with Crippen LogP contribution in [0.3, 0.4) is 0 Å². The van der Waals surface area contributed by atoms with E-state index >= 15 is 0 Å². The number of aromatic nitrogens is 3. The summed E-state index contributed by atoms with van der Waals surface area (Å²) >= 11 is 0. The number of carbonyl (C=O) groups excluding carboxylic acids is 1. The Hall–Kier alpha value is -3.10. The van der Waals surface area contributed by atoms with Crippen LogP contribution in [-0.2, 0) is 11.7 Å². The van der Waals surface area contributed by atoms with Gasteiger partial charge in [-0.1, -0.05) is 11.6 Å². The second-order valence-electron chi connectivity index (χ2n) is 10.1. The van der Waals surface area contributed by atoms with Crippen LogP contribution in [0, 0.1) is 6.92 Å². The highest BCUT2D eigenvalue weighted by Crippen LogP contribution is 2.34. The van der Waals surface area contributed by atoms with Gasteiger partial charge >= 0.3 is 6.18 Å². The highest BCUT2D eigenvalue weighted by molar-refractivity contribution is 5.93. The minimum atomic E-state index is -4.53. The second-order valence-corrected chi connectivity index (χ2v) is 10.1. The molecular weight excluding hydrogens is 443 g/mol. The summed E-state index contributed by atoms with van der Waals surface area (Å²) in [6.07, 6.45) is 0.178. The van der Waals surface area contributed by atoms with Gasteiger partial charge in [0.05, 0.1) is 11.1 Å². The summed E-state index contributed by atoms with van der Waals surface area (Å²) in [5.41, 5.74) is 0.920. The number of hydrogen-bond acceptors (Lipinski definition) is 4. The lowest BCUT2D eigenvalue weighted by atomic mass is 9.90.